The molecule has 1 aromatic rings. The molecule has 5 heteroatoms. The minimum absolute atomic E-state index is 0.211. The van der Waals surface area contributed by atoms with Crippen LogP contribution in [0.2, 0.25) is 0 Å². The van der Waals surface area contributed by atoms with Crippen LogP contribution in [0.15, 0.2) is 12.1 Å². The third-order valence-electron chi connectivity index (χ3n) is 3.94. The Morgan fingerprint density at radius 1 is 0.944 bits per heavy atom. The van der Waals surface area contributed by atoms with Crippen LogP contribution in [0.5, 0.6) is 11.5 Å². The minimum Gasteiger partial charge on any atom is -0.454 e. The van der Waals surface area contributed by atoms with Gasteiger partial charge in [-0.1, -0.05) is 0 Å². The predicted molar refractivity (Wildman–Crippen MR) is 58.2 cm³/mol. The van der Waals surface area contributed by atoms with Gasteiger partial charge in [0.05, 0.1) is 24.0 Å². The molecule has 3 aliphatic rings. The Morgan fingerprint density at radius 2 is 1.44 bits per heavy atom. The summed E-state index contributed by atoms with van der Waals surface area (Å²) in [4.78, 5) is 22.2. The van der Waals surface area contributed by atoms with Gasteiger partial charge in [-0.25, -0.2) is 0 Å². The lowest BCUT2D eigenvalue weighted by molar-refractivity contribution is -0.119. The topological polar surface area (TPSA) is 61.8 Å². The summed E-state index contributed by atoms with van der Waals surface area (Å²) in [5.41, 5.74) is 1.89. The first-order valence-corrected chi connectivity index (χ1v) is 5.83. The molecule has 92 valence electrons. The van der Waals surface area contributed by atoms with Gasteiger partial charge in [0.15, 0.2) is 11.5 Å². The number of hydrogen-bond acceptors (Lipinski definition) is 5. The Morgan fingerprint density at radius 3 is 1.89 bits per heavy atom. The van der Waals surface area contributed by atoms with Crippen LogP contribution in [0.4, 0.5) is 0 Å². The highest BCUT2D eigenvalue weighted by molar-refractivity contribution is 5.71. The molecule has 1 aromatic carbocycles. The molecule has 0 aromatic heterocycles. The maximum atomic E-state index is 11.1. The Bertz CT molecular complexity index is 506. The number of fused-ring (bicyclic) bond motifs is 6. The first-order chi connectivity index (χ1) is 8.83. The monoisotopic (exact) mass is 246 g/mol. The van der Waals surface area contributed by atoms with Gasteiger partial charge in [-0.15, -0.1) is 0 Å². The second-order valence-corrected chi connectivity index (χ2v) is 4.74. The summed E-state index contributed by atoms with van der Waals surface area (Å²) in [5, 5.41) is 0. The van der Waals surface area contributed by atoms with E-state index in [1.807, 2.05) is 12.1 Å². The highest BCUT2D eigenvalue weighted by Gasteiger charge is 2.53. The van der Waals surface area contributed by atoms with Gasteiger partial charge in [0.2, 0.25) is 6.79 Å². The first kappa shape index (κ1) is 10.1. The van der Waals surface area contributed by atoms with Crippen LogP contribution in [0.25, 0.3) is 0 Å². The van der Waals surface area contributed by atoms with Crippen molar-refractivity contribution in [2.24, 2.45) is 11.8 Å². The molecule has 0 amide bonds. The Labute approximate surface area is 103 Å². The van der Waals surface area contributed by atoms with Crippen molar-refractivity contribution in [2.45, 2.75) is 12.2 Å². The average Bonchev–Trinajstić information content (AvgIpc) is 3.07. The second-order valence-electron chi connectivity index (χ2n) is 4.74. The fourth-order valence-corrected chi connectivity index (χ4v) is 3.09. The molecule has 0 radical (unpaired) electrons. The summed E-state index contributed by atoms with van der Waals surface area (Å²) in [5.74, 6) is 0.579. The van der Waals surface area contributed by atoms with Crippen molar-refractivity contribution in [2.75, 3.05) is 6.79 Å². The largest absolute Gasteiger partial charge is 0.454 e. The van der Waals surface area contributed by atoms with Gasteiger partial charge in [0, 0.05) is 0 Å². The molecule has 2 unspecified atom stereocenters. The smallest absolute Gasteiger partial charge is 0.231 e. The van der Waals surface area contributed by atoms with Crippen molar-refractivity contribution in [1.82, 2.24) is 0 Å². The third-order valence-corrected chi connectivity index (χ3v) is 3.94. The number of carbonyl (C=O) groups is 2. The molecule has 3 heterocycles. The Balaban J connectivity index is 1.87. The van der Waals surface area contributed by atoms with E-state index in [1.54, 1.807) is 0 Å². The SMILES string of the molecule is O=CC1C(C=O)[C@H]2O[C@@H]1c1cc3c(cc12)OCO3. The summed E-state index contributed by atoms with van der Waals surface area (Å²) in [6.07, 6.45) is 0.980. The van der Waals surface area contributed by atoms with E-state index in [0.717, 1.165) is 23.7 Å². The van der Waals surface area contributed by atoms with Gasteiger partial charge in [0.25, 0.3) is 0 Å². The minimum atomic E-state index is -0.389. The van der Waals surface area contributed by atoms with Gasteiger partial charge in [-0.2, -0.15) is 0 Å². The zero-order chi connectivity index (χ0) is 12.3. The fraction of sp³-hybridized carbons (Fsp3) is 0.385. The molecule has 0 saturated carbocycles. The van der Waals surface area contributed by atoms with E-state index >= 15 is 0 Å². The van der Waals surface area contributed by atoms with E-state index in [4.69, 9.17) is 14.2 Å². The van der Waals surface area contributed by atoms with Gasteiger partial charge < -0.3 is 23.8 Å². The number of hydrogen-bond donors (Lipinski definition) is 0. The van der Waals surface area contributed by atoms with E-state index in [1.165, 1.54) is 0 Å². The predicted octanol–water partition coefficient (Wildman–Crippen LogP) is 1.17. The molecule has 2 bridgehead atoms. The van der Waals surface area contributed by atoms with Gasteiger partial charge in [-0.05, 0) is 23.3 Å². The number of benzene rings is 1. The molecule has 5 nitrogen and oxygen atoms in total. The zero-order valence-corrected chi connectivity index (χ0v) is 9.37. The standard InChI is InChI=1S/C13H10O5/c14-3-8-9(4-15)13-7-2-11-10(16-5-17-11)1-6(7)12(8)18-13/h1-4,8-9,12-13H,5H2/t8?,9?,12-,13+. The van der Waals surface area contributed by atoms with Crippen molar-refractivity contribution in [3.63, 3.8) is 0 Å². The van der Waals surface area contributed by atoms with E-state index in [9.17, 15) is 9.59 Å². The Kier molecular flexibility index (Phi) is 1.86. The molecule has 0 spiro atoms. The van der Waals surface area contributed by atoms with Crippen LogP contribution in [0.1, 0.15) is 23.3 Å². The van der Waals surface area contributed by atoms with E-state index in [-0.39, 0.29) is 30.8 Å². The van der Waals surface area contributed by atoms with Crippen LogP contribution >= 0.6 is 0 Å². The second kappa shape index (κ2) is 3.32. The Hall–Kier alpha value is -1.88. The van der Waals surface area contributed by atoms with E-state index < -0.39 is 0 Å². The molecule has 18 heavy (non-hydrogen) atoms. The van der Waals surface area contributed by atoms with Crippen molar-refractivity contribution in [3.05, 3.63) is 23.3 Å². The summed E-state index contributed by atoms with van der Waals surface area (Å²) in [6, 6.07) is 3.72. The third kappa shape index (κ3) is 1.05. The molecule has 4 atom stereocenters. The molecule has 1 fully saturated rings. The van der Waals surface area contributed by atoms with Crippen molar-refractivity contribution < 1.29 is 23.8 Å². The number of rotatable bonds is 2. The zero-order valence-electron chi connectivity index (χ0n) is 9.37. The van der Waals surface area contributed by atoms with Gasteiger partial charge in [-0.3, -0.25) is 0 Å². The molecule has 0 aliphatic carbocycles. The summed E-state index contributed by atoms with van der Waals surface area (Å²) >= 11 is 0. The maximum absolute atomic E-state index is 11.1. The molecule has 1 saturated heterocycles. The fourth-order valence-electron chi connectivity index (χ4n) is 3.09. The van der Waals surface area contributed by atoms with Crippen molar-refractivity contribution >= 4 is 12.6 Å². The lowest BCUT2D eigenvalue weighted by Gasteiger charge is -2.21. The van der Waals surface area contributed by atoms with Crippen LogP contribution in [0.3, 0.4) is 0 Å². The summed E-state index contributed by atoms with van der Waals surface area (Å²) < 4.78 is 16.4. The molecular formula is C13H10O5. The van der Waals surface area contributed by atoms with E-state index in [2.05, 4.69) is 0 Å². The highest BCUT2D eigenvalue weighted by Crippen LogP contribution is 2.58. The molecular weight excluding hydrogens is 236 g/mol. The molecule has 3 aliphatic heterocycles. The van der Waals surface area contributed by atoms with Crippen molar-refractivity contribution in [3.8, 4) is 11.5 Å². The number of carbonyl (C=O) groups excluding carboxylic acids is 2. The molecule has 4 rings (SSSR count). The lowest BCUT2D eigenvalue weighted by atomic mass is 9.77. The normalized spacial score (nSPS) is 34.4. The lowest BCUT2D eigenvalue weighted by Crippen LogP contribution is -2.23. The number of ether oxygens (including phenoxy) is 3. The average molecular weight is 246 g/mol. The quantitative estimate of drug-likeness (QED) is 0.733. The van der Waals surface area contributed by atoms with Gasteiger partial charge in [0.1, 0.15) is 12.6 Å². The van der Waals surface area contributed by atoms with Crippen LogP contribution in [-0.2, 0) is 14.3 Å². The first-order valence-electron chi connectivity index (χ1n) is 5.83. The van der Waals surface area contributed by atoms with Crippen LogP contribution in [-0.4, -0.2) is 19.4 Å². The number of aldehydes is 2. The van der Waals surface area contributed by atoms with Gasteiger partial charge >= 0.3 is 0 Å². The van der Waals surface area contributed by atoms with Crippen molar-refractivity contribution in [1.29, 1.82) is 0 Å². The summed E-state index contributed by atoms with van der Waals surface area (Å²) in [6.45, 7) is 0.211. The highest BCUT2D eigenvalue weighted by atomic mass is 16.7. The summed E-state index contributed by atoms with van der Waals surface area (Å²) in [7, 11) is 0. The maximum Gasteiger partial charge on any atom is 0.231 e. The van der Waals surface area contributed by atoms with Crippen LogP contribution in [0, 0.1) is 11.8 Å². The van der Waals surface area contributed by atoms with Crippen LogP contribution < -0.4 is 9.47 Å². The van der Waals surface area contributed by atoms with E-state index in [0.29, 0.717) is 11.5 Å². The molecule has 0 N–H and O–H groups in total.